The monoisotopic (exact) mass is 292 g/mol. The Morgan fingerprint density at radius 2 is 1.62 bits per heavy atom. The van der Waals surface area contributed by atoms with Gasteiger partial charge in [0.2, 0.25) is 0 Å². The predicted molar refractivity (Wildman–Crippen MR) is 93.5 cm³/mol. The van der Waals surface area contributed by atoms with Crippen molar-refractivity contribution in [2.45, 2.75) is 0 Å². The summed E-state index contributed by atoms with van der Waals surface area (Å²) >= 11 is 1.84. The molecule has 0 spiro atoms. The van der Waals surface area contributed by atoms with Crippen LogP contribution in [0.4, 0.5) is 5.69 Å². The molecule has 0 bridgehead atoms. The van der Waals surface area contributed by atoms with Crippen molar-refractivity contribution >= 4 is 28.6 Å². The summed E-state index contributed by atoms with van der Waals surface area (Å²) in [5.41, 5.74) is 6.52. The highest BCUT2D eigenvalue weighted by molar-refractivity contribution is 8.08. The maximum Gasteiger partial charge on any atom is 0.0561 e. The van der Waals surface area contributed by atoms with Gasteiger partial charge in [0.15, 0.2) is 0 Å². The second-order valence-electron chi connectivity index (χ2n) is 4.66. The van der Waals surface area contributed by atoms with E-state index in [-0.39, 0.29) is 0 Å². The predicted octanol–water partition coefficient (Wildman–Crippen LogP) is 4.80. The molecule has 2 aromatic rings. The molecular formula is C18H16N2S. The minimum absolute atomic E-state index is 0.945. The number of rotatable bonds is 4. The van der Waals surface area contributed by atoms with Gasteiger partial charge >= 0.3 is 0 Å². The van der Waals surface area contributed by atoms with E-state index in [9.17, 15) is 0 Å². The molecule has 0 amide bonds. The molecule has 0 radical (unpaired) electrons. The average Bonchev–Trinajstić information content (AvgIpc) is 2.57. The number of benzene rings is 2. The molecule has 3 rings (SSSR count). The summed E-state index contributed by atoms with van der Waals surface area (Å²) in [6.07, 6.45) is 6.18. The van der Waals surface area contributed by atoms with Crippen LogP contribution in [0.2, 0.25) is 0 Å². The minimum atomic E-state index is 0.945. The van der Waals surface area contributed by atoms with Gasteiger partial charge in [-0.1, -0.05) is 54.6 Å². The van der Waals surface area contributed by atoms with Crippen molar-refractivity contribution in [2.75, 3.05) is 11.2 Å². The van der Waals surface area contributed by atoms with E-state index in [2.05, 4.69) is 46.9 Å². The van der Waals surface area contributed by atoms with E-state index < -0.39 is 0 Å². The lowest BCUT2D eigenvalue weighted by Crippen LogP contribution is -1.97. The van der Waals surface area contributed by atoms with Crippen LogP contribution in [0.25, 0.3) is 4.91 Å². The molecule has 1 aliphatic rings. The van der Waals surface area contributed by atoms with Crippen LogP contribution in [0.1, 0.15) is 5.56 Å². The molecule has 1 heterocycles. The van der Waals surface area contributed by atoms with Crippen molar-refractivity contribution in [3.63, 3.8) is 0 Å². The van der Waals surface area contributed by atoms with Gasteiger partial charge in [-0.05, 0) is 29.3 Å². The van der Waals surface area contributed by atoms with Gasteiger partial charge in [0.1, 0.15) is 0 Å². The lowest BCUT2D eigenvalue weighted by atomic mass is 10.2. The molecule has 2 aromatic carbocycles. The number of thioether (sulfide) groups is 1. The first-order chi connectivity index (χ1) is 10.4. The fourth-order valence-electron chi connectivity index (χ4n) is 2.00. The van der Waals surface area contributed by atoms with Crippen molar-refractivity contribution in [2.24, 2.45) is 5.10 Å². The molecule has 1 aliphatic heterocycles. The Morgan fingerprint density at radius 1 is 0.905 bits per heavy atom. The molecule has 0 aromatic heterocycles. The highest BCUT2D eigenvalue weighted by atomic mass is 32.2. The molecule has 3 heteroatoms. The van der Waals surface area contributed by atoms with Crippen molar-refractivity contribution in [1.82, 2.24) is 0 Å². The summed E-state index contributed by atoms with van der Waals surface area (Å²) in [6, 6.07) is 20.4. The van der Waals surface area contributed by atoms with Crippen LogP contribution in [-0.2, 0) is 0 Å². The van der Waals surface area contributed by atoms with Crippen LogP contribution < -0.4 is 5.43 Å². The normalized spacial score (nSPS) is 14.7. The number of anilines is 1. The maximum absolute atomic E-state index is 4.28. The van der Waals surface area contributed by atoms with E-state index in [1.807, 2.05) is 54.4 Å². The quantitative estimate of drug-likeness (QED) is 0.646. The molecule has 0 aliphatic carbocycles. The van der Waals surface area contributed by atoms with Gasteiger partial charge in [0.25, 0.3) is 0 Å². The van der Waals surface area contributed by atoms with E-state index in [1.165, 1.54) is 16.0 Å². The fourth-order valence-corrected chi connectivity index (χ4v) is 2.96. The second kappa shape index (κ2) is 6.95. The molecule has 0 unspecified atom stereocenters. The van der Waals surface area contributed by atoms with Crippen LogP contribution in [-0.4, -0.2) is 12.0 Å². The van der Waals surface area contributed by atoms with Gasteiger partial charge in [-0.15, -0.1) is 11.8 Å². The lowest BCUT2D eigenvalue weighted by molar-refractivity contribution is 1.34. The largest absolute Gasteiger partial charge is 0.279 e. The average molecular weight is 292 g/mol. The molecule has 2 nitrogen and oxygen atoms in total. The zero-order valence-electron chi connectivity index (χ0n) is 11.6. The van der Waals surface area contributed by atoms with Gasteiger partial charge in [-0.25, -0.2) is 0 Å². The van der Waals surface area contributed by atoms with Crippen molar-refractivity contribution in [3.8, 4) is 0 Å². The summed E-state index contributed by atoms with van der Waals surface area (Å²) in [6.45, 7) is 0. The first kappa shape index (κ1) is 13.7. The molecule has 0 saturated carbocycles. The number of nitrogens with zero attached hydrogens (tertiary/aromatic N) is 1. The Morgan fingerprint density at radius 3 is 2.29 bits per heavy atom. The number of allylic oxidation sites excluding steroid dienone is 2. The highest BCUT2D eigenvalue weighted by Crippen LogP contribution is 2.31. The lowest BCUT2D eigenvalue weighted by Gasteiger charge is -2.11. The highest BCUT2D eigenvalue weighted by Gasteiger charge is 2.07. The minimum Gasteiger partial charge on any atom is -0.279 e. The number of hydrazone groups is 1. The number of para-hydroxylation sites is 1. The Bertz CT molecular complexity index is 673. The Kier molecular flexibility index (Phi) is 4.54. The van der Waals surface area contributed by atoms with Crippen LogP contribution in [0, 0.1) is 0 Å². The Hall–Kier alpha value is -2.26. The molecule has 0 fully saturated rings. The molecule has 1 N–H and O–H groups in total. The Labute approximate surface area is 129 Å². The molecule has 104 valence electrons. The van der Waals surface area contributed by atoms with Crippen LogP contribution in [0.3, 0.4) is 0 Å². The fraction of sp³-hybridized carbons (Fsp3) is 0.0556. The third kappa shape index (κ3) is 3.86. The summed E-state index contributed by atoms with van der Waals surface area (Å²) in [7, 11) is 0. The smallest absolute Gasteiger partial charge is 0.0561 e. The van der Waals surface area contributed by atoms with E-state index >= 15 is 0 Å². The summed E-state index contributed by atoms with van der Waals surface area (Å²) in [5.74, 6) is 0.945. The number of hydrogen-bond donors (Lipinski definition) is 1. The molecular weight excluding hydrogens is 276 g/mol. The zero-order valence-corrected chi connectivity index (χ0v) is 12.4. The van der Waals surface area contributed by atoms with Gasteiger partial charge in [-0.2, -0.15) is 5.10 Å². The SMILES string of the molecule is C1=C(/C=N/Nc2ccccc2)CSC(c2ccccc2)=C1. The van der Waals surface area contributed by atoms with Gasteiger partial charge in [0, 0.05) is 10.7 Å². The van der Waals surface area contributed by atoms with Gasteiger partial charge in [0.05, 0.1) is 11.9 Å². The van der Waals surface area contributed by atoms with E-state index in [1.54, 1.807) is 0 Å². The number of nitrogens with one attached hydrogen (secondary N) is 1. The summed E-state index contributed by atoms with van der Waals surface area (Å²) < 4.78 is 0. The van der Waals surface area contributed by atoms with Crippen molar-refractivity contribution in [3.05, 3.63) is 84.0 Å². The third-order valence-corrected chi connectivity index (χ3v) is 4.26. The standard InChI is InChI=1S/C18H16N2S/c1-3-7-16(8-4-1)18-12-11-15(14-21-18)13-19-20-17-9-5-2-6-10-17/h1-13,20H,14H2/b19-13+. The molecule has 0 atom stereocenters. The first-order valence-corrected chi connectivity index (χ1v) is 7.83. The van der Waals surface area contributed by atoms with E-state index in [0.717, 1.165) is 11.4 Å². The first-order valence-electron chi connectivity index (χ1n) is 6.85. The molecule has 0 saturated heterocycles. The van der Waals surface area contributed by atoms with E-state index in [4.69, 9.17) is 0 Å². The Balaban J connectivity index is 1.63. The topological polar surface area (TPSA) is 24.4 Å². The van der Waals surface area contributed by atoms with Crippen LogP contribution in [0.15, 0.2) is 83.5 Å². The second-order valence-corrected chi connectivity index (χ2v) is 5.68. The van der Waals surface area contributed by atoms with Gasteiger partial charge < -0.3 is 0 Å². The van der Waals surface area contributed by atoms with Gasteiger partial charge in [-0.3, -0.25) is 5.43 Å². The van der Waals surface area contributed by atoms with E-state index in [0.29, 0.717) is 0 Å². The third-order valence-electron chi connectivity index (χ3n) is 3.10. The summed E-state index contributed by atoms with van der Waals surface area (Å²) in [5, 5.41) is 4.28. The van der Waals surface area contributed by atoms with Crippen molar-refractivity contribution < 1.29 is 0 Å². The maximum atomic E-state index is 4.28. The zero-order chi connectivity index (χ0) is 14.3. The van der Waals surface area contributed by atoms with Crippen LogP contribution in [0.5, 0.6) is 0 Å². The number of hydrogen-bond acceptors (Lipinski definition) is 3. The summed E-state index contributed by atoms with van der Waals surface area (Å²) in [4.78, 5) is 1.31. The molecule has 21 heavy (non-hydrogen) atoms. The van der Waals surface area contributed by atoms with Crippen molar-refractivity contribution in [1.29, 1.82) is 0 Å². The van der Waals surface area contributed by atoms with Crippen LogP contribution >= 0.6 is 11.8 Å².